The fourth-order valence-electron chi connectivity index (χ4n) is 3.08. The van der Waals surface area contributed by atoms with Crippen LogP contribution in [0.4, 0.5) is 0 Å². The van der Waals surface area contributed by atoms with E-state index in [2.05, 4.69) is 26.1 Å². The smallest absolute Gasteiger partial charge is 0.227 e. The Labute approximate surface area is 135 Å². The van der Waals surface area contributed by atoms with E-state index in [4.69, 9.17) is 0 Å². The van der Waals surface area contributed by atoms with Crippen molar-refractivity contribution in [3.63, 3.8) is 0 Å². The Kier molecular flexibility index (Phi) is 4.96. The van der Waals surface area contributed by atoms with Crippen LogP contribution in [0.1, 0.15) is 31.2 Å². The summed E-state index contributed by atoms with van der Waals surface area (Å²) in [5, 5.41) is 3.45. The largest absolute Gasteiger partial charge is 0.339 e. The van der Waals surface area contributed by atoms with Crippen LogP contribution in [-0.2, 0) is 11.2 Å². The van der Waals surface area contributed by atoms with Gasteiger partial charge in [0, 0.05) is 17.1 Å². The molecule has 4 heteroatoms. The summed E-state index contributed by atoms with van der Waals surface area (Å²) in [6.07, 6.45) is 5.40. The van der Waals surface area contributed by atoms with Crippen molar-refractivity contribution in [1.82, 2.24) is 10.2 Å². The molecule has 1 unspecified atom stereocenters. The minimum absolute atomic E-state index is 0.297. The molecule has 1 saturated carbocycles. The number of hydrogen-bond donors (Lipinski definition) is 1. The Morgan fingerprint density at radius 1 is 1.24 bits per heavy atom. The van der Waals surface area contributed by atoms with Gasteiger partial charge < -0.3 is 10.2 Å². The third-order valence-electron chi connectivity index (χ3n) is 4.43. The number of carbonyl (C=O) groups excluding carboxylic acids is 1. The number of amides is 1. The van der Waals surface area contributed by atoms with Gasteiger partial charge in [0.15, 0.2) is 0 Å². The summed E-state index contributed by atoms with van der Waals surface area (Å²) < 4.78 is 1.06. The van der Waals surface area contributed by atoms with E-state index in [0.29, 0.717) is 24.3 Å². The maximum atomic E-state index is 12.6. The van der Waals surface area contributed by atoms with Gasteiger partial charge >= 0.3 is 0 Å². The van der Waals surface area contributed by atoms with Gasteiger partial charge in [-0.1, -0.05) is 28.1 Å². The fourth-order valence-corrected chi connectivity index (χ4v) is 3.34. The number of halogens is 1. The third kappa shape index (κ3) is 4.30. The SMILES string of the molecule is O=C(Cc1ccc(Br)cc1)N(CC1CCCNC1)C1CC1. The summed E-state index contributed by atoms with van der Waals surface area (Å²) in [4.78, 5) is 14.8. The molecule has 1 saturated heterocycles. The van der Waals surface area contributed by atoms with Crippen LogP contribution in [0.5, 0.6) is 0 Å². The second-order valence-electron chi connectivity index (χ2n) is 6.29. The monoisotopic (exact) mass is 350 g/mol. The van der Waals surface area contributed by atoms with Gasteiger partial charge in [-0.3, -0.25) is 4.79 Å². The van der Waals surface area contributed by atoms with E-state index in [1.54, 1.807) is 0 Å². The molecule has 1 heterocycles. The molecule has 0 radical (unpaired) electrons. The number of nitrogens with one attached hydrogen (secondary N) is 1. The van der Waals surface area contributed by atoms with Crippen LogP contribution in [0.3, 0.4) is 0 Å². The van der Waals surface area contributed by atoms with Crippen molar-refractivity contribution in [3.8, 4) is 0 Å². The van der Waals surface area contributed by atoms with Crippen LogP contribution in [0, 0.1) is 5.92 Å². The van der Waals surface area contributed by atoms with Gasteiger partial charge in [-0.15, -0.1) is 0 Å². The Balaban J connectivity index is 1.60. The zero-order valence-corrected chi connectivity index (χ0v) is 13.9. The van der Waals surface area contributed by atoms with E-state index in [9.17, 15) is 4.79 Å². The first kappa shape index (κ1) is 15.0. The lowest BCUT2D eigenvalue weighted by atomic mass is 9.98. The van der Waals surface area contributed by atoms with Crippen molar-refractivity contribution in [1.29, 1.82) is 0 Å². The maximum absolute atomic E-state index is 12.6. The molecule has 0 bridgehead atoms. The lowest BCUT2D eigenvalue weighted by Crippen LogP contribution is -2.42. The van der Waals surface area contributed by atoms with Crippen molar-refractivity contribution < 1.29 is 4.79 Å². The minimum Gasteiger partial charge on any atom is -0.339 e. The molecule has 1 aromatic carbocycles. The first-order valence-corrected chi connectivity index (χ1v) is 8.76. The molecular weight excluding hydrogens is 328 g/mol. The molecule has 1 atom stereocenters. The van der Waals surface area contributed by atoms with E-state index in [-0.39, 0.29) is 0 Å². The van der Waals surface area contributed by atoms with E-state index in [0.717, 1.165) is 29.7 Å². The number of benzene rings is 1. The van der Waals surface area contributed by atoms with Gasteiger partial charge in [0.05, 0.1) is 6.42 Å². The predicted octanol–water partition coefficient (Wildman–Crippen LogP) is 2.98. The highest BCUT2D eigenvalue weighted by atomic mass is 79.9. The molecule has 0 spiro atoms. The summed E-state index contributed by atoms with van der Waals surface area (Å²) in [6.45, 7) is 3.13. The summed E-state index contributed by atoms with van der Waals surface area (Å²) in [5.74, 6) is 0.929. The van der Waals surface area contributed by atoms with Gasteiger partial charge in [0.2, 0.25) is 5.91 Å². The Morgan fingerprint density at radius 3 is 2.62 bits per heavy atom. The average molecular weight is 351 g/mol. The first-order valence-electron chi connectivity index (χ1n) is 7.97. The molecule has 1 N–H and O–H groups in total. The molecule has 0 aromatic heterocycles. The molecule has 1 amide bonds. The van der Waals surface area contributed by atoms with Crippen molar-refractivity contribution in [2.45, 2.75) is 38.1 Å². The molecule has 1 aliphatic carbocycles. The summed E-state index contributed by atoms with van der Waals surface area (Å²) in [6, 6.07) is 8.60. The first-order chi connectivity index (χ1) is 10.2. The van der Waals surface area contributed by atoms with Crippen molar-refractivity contribution in [2.24, 2.45) is 5.92 Å². The summed E-state index contributed by atoms with van der Waals surface area (Å²) in [7, 11) is 0. The third-order valence-corrected chi connectivity index (χ3v) is 4.96. The Bertz CT molecular complexity index is 478. The van der Waals surface area contributed by atoms with Crippen LogP contribution in [-0.4, -0.2) is 36.5 Å². The highest BCUT2D eigenvalue weighted by Crippen LogP contribution is 2.29. The van der Waals surface area contributed by atoms with Crippen LogP contribution >= 0.6 is 15.9 Å². The summed E-state index contributed by atoms with van der Waals surface area (Å²) in [5.41, 5.74) is 1.11. The van der Waals surface area contributed by atoms with Crippen molar-refractivity contribution in [2.75, 3.05) is 19.6 Å². The second-order valence-corrected chi connectivity index (χ2v) is 7.21. The molecule has 1 aromatic rings. The highest BCUT2D eigenvalue weighted by Gasteiger charge is 2.34. The number of piperidine rings is 1. The average Bonchev–Trinajstić information content (AvgIpc) is 3.33. The molecule has 114 valence electrons. The lowest BCUT2D eigenvalue weighted by Gasteiger charge is -2.30. The number of rotatable bonds is 5. The van der Waals surface area contributed by atoms with Crippen molar-refractivity contribution in [3.05, 3.63) is 34.3 Å². The normalized spacial score (nSPS) is 22.0. The van der Waals surface area contributed by atoms with Crippen molar-refractivity contribution >= 4 is 21.8 Å². The Hall–Kier alpha value is -0.870. The van der Waals surface area contributed by atoms with E-state index >= 15 is 0 Å². The minimum atomic E-state index is 0.297. The highest BCUT2D eigenvalue weighted by molar-refractivity contribution is 9.10. The standard InChI is InChI=1S/C17H23BrN2O/c18-15-5-3-13(4-6-15)10-17(21)20(16-7-8-16)12-14-2-1-9-19-11-14/h3-6,14,16,19H,1-2,7-12H2. The number of hydrogen-bond acceptors (Lipinski definition) is 2. The predicted molar refractivity (Wildman–Crippen MR) is 88.2 cm³/mol. The van der Waals surface area contributed by atoms with Crippen LogP contribution in [0.2, 0.25) is 0 Å². The van der Waals surface area contributed by atoms with E-state index in [1.165, 1.54) is 25.7 Å². The Morgan fingerprint density at radius 2 is 2.00 bits per heavy atom. The van der Waals surface area contributed by atoms with Crippen LogP contribution < -0.4 is 5.32 Å². The number of nitrogens with zero attached hydrogens (tertiary/aromatic N) is 1. The number of carbonyl (C=O) groups is 1. The zero-order chi connectivity index (χ0) is 14.7. The molecule has 21 heavy (non-hydrogen) atoms. The van der Waals surface area contributed by atoms with Gasteiger partial charge in [-0.05, 0) is 62.4 Å². The molecule has 3 nitrogen and oxygen atoms in total. The molecular formula is C17H23BrN2O. The van der Waals surface area contributed by atoms with Gasteiger partial charge in [-0.25, -0.2) is 0 Å². The zero-order valence-electron chi connectivity index (χ0n) is 12.4. The van der Waals surface area contributed by atoms with Gasteiger partial charge in [0.1, 0.15) is 0 Å². The topological polar surface area (TPSA) is 32.3 Å². The molecule has 1 aliphatic heterocycles. The molecule has 3 rings (SSSR count). The van der Waals surface area contributed by atoms with Crippen LogP contribution in [0.15, 0.2) is 28.7 Å². The van der Waals surface area contributed by atoms with E-state index < -0.39 is 0 Å². The van der Waals surface area contributed by atoms with Crippen LogP contribution in [0.25, 0.3) is 0 Å². The van der Waals surface area contributed by atoms with E-state index in [1.807, 2.05) is 24.3 Å². The lowest BCUT2D eigenvalue weighted by molar-refractivity contribution is -0.131. The molecule has 2 fully saturated rings. The second kappa shape index (κ2) is 6.93. The quantitative estimate of drug-likeness (QED) is 0.885. The fraction of sp³-hybridized carbons (Fsp3) is 0.588. The summed E-state index contributed by atoms with van der Waals surface area (Å²) >= 11 is 3.44. The van der Waals surface area contributed by atoms with Gasteiger partial charge in [-0.2, -0.15) is 0 Å². The molecule has 2 aliphatic rings. The van der Waals surface area contributed by atoms with Gasteiger partial charge in [0.25, 0.3) is 0 Å². The maximum Gasteiger partial charge on any atom is 0.227 e.